The monoisotopic (exact) mass is 354 g/mol. The summed E-state index contributed by atoms with van der Waals surface area (Å²) in [5.41, 5.74) is 0. The van der Waals surface area contributed by atoms with Crippen LogP contribution >= 0.6 is 0 Å². The number of hydrogen-bond acceptors (Lipinski definition) is 4. The van der Waals surface area contributed by atoms with Crippen molar-refractivity contribution in [3.8, 4) is 0 Å². The molecule has 0 heterocycles. The van der Waals surface area contributed by atoms with Crippen LogP contribution in [-0.2, 0) is 9.47 Å². The highest BCUT2D eigenvalue weighted by atomic mass is 16.6. The largest absolute Gasteiger partial charge is 0.450 e. The van der Waals surface area contributed by atoms with E-state index in [4.69, 9.17) is 9.47 Å². The van der Waals surface area contributed by atoms with E-state index >= 15 is 0 Å². The van der Waals surface area contributed by atoms with Crippen LogP contribution in [0, 0.1) is 23.7 Å². The lowest BCUT2D eigenvalue weighted by Gasteiger charge is -2.28. The number of hydrogen-bond donors (Lipinski definition) is 2. The maximum atomic E-state index is 11.6. The summed E-state index contributed by atoms with van der Waals surface area (Å²) in [6, 6.07) is 0. The molecule has 0 saturated heterocycles. The van der Waals surface area contributed by atoms with Gasteiger partial charge in [0, 0.05) is 13.1 Å². The topological polar surface area (TPSA) is 76.7 Å². The highest BCUT2D eigenvalue weighted by Crippen LogP contribution is 2.51. The Labute approximate surface area is 151 Å². The van der Waals surface area contributed by atoms with E-state index in [0.29, 0.717) is 50.0 Å². The smallest absolute Gasteiger partial charge is 0.407 e. The second-order valence-corrected chi connectivity index (χ2v) is 7.49. The lowest BCUT2D eigenvalue weighted by Crippen LogP contribution is -2.36. The van der Waals surface area contributed by atoms with Gasteiger partial charge in [-0.1, -0.05) is 26.7 Å². The summed E-state index contributed by atoms with van der Waals surface area (Å²) in [5.74, 6) is 2.42. The van der Waals surface area contributed by atoms with Crippen LogP contribution < -0.4 is 10.6 Å². The molecule has 0 spiro atoms. The highest BCUT2D eigenvalue weighted by Gasteiger charge is 2.45. The van der Waals surface area contributed by atoms with Gasteiger partial charge in [0.25, 0.3) is 0 Å². The van der Waals surface area contributed by atoms with Crippen LogP contribution in [0.3, 0.4) is 0 Å². The predicted molar refractivity (Wildman–Crippen MR) is 96.3 cm³/mol. The van der Waals surface area contributed by atoms with Crippen LogP contribution in [0.5, 0.6) is 0 Å². The zero-order chi connectivity index (χ0) is 18.1. The van der Waals surface area contributed by atoms with Gasteiger partial charge in [0.15, 0.2) is 0 Å². The molecule has 2 amide bonds. The van der Waals surface area contributed by atoms with Gasteiger partial charge in [-0.3, -0.25) is 0 Å². The van der Waals surface area contributed by atoms with E-state index < -0.39 is 0 Å². The maximum absolute atomic E-state index is 11.6. The fourth-order valence-corrected chi connectivity index (χ4v) is 4.16. The molecule has 25 heavy (non-hydrogen) atoms. The normalized spacial score (nSPS) is 27.1. The summed E-state index contributed by atoms with van der Waals surface area (Å²) in [7, 11) is 0. The molecule has 144 valence electrons. The Morgan fingerprint density at radius 1 is 0.800 bits per heavy atom. The summed E-state index contributed by atoms with van der Waals surface area (Å²) in [6.45, 7) is 6.58. The summed E-state index contributed by atoms with van der Waals surface area (Å²) in [4.78, 5) is 23.3. The molecule has 0 aromatic heterocycles. The minimum atomic E-state index is -0.288. The first-order valence-corrected chi connectivity index (χ1v) is 9.95. The zero-order valence-corrected chi connectivity index (χ0v) is 15.7. The SMILES string of the molecule is CCCCOC(=O)NCC1CC2CC1CC2CNC(=O)OCCCC. The standard InChI is InChI=1S/C19H34N2O4/c1-3-5-7-24-18(22)20-12-16-10-15-9-14(16)11-17(15)13-21-19(23)25-8-6-4-2/h14-17H,3-13H2,1-2H3,(H,20,22)(H,21,23). The predicted octanol–water partition coefficient (Wildman–Crippen LogP) is 3.70. The first-order valence-electron chi connectivity index (χ1n) is 9.95. The number of ether oxygens (including phenoxy) is 2. The first kappa shape index (κ1) is 19.9. The molecule has 0 aliphatic heterocycles. The number of carbonyl (C=O) groups is 2. The molecule has 2 N–H and O–H groups in total. The molecular formula is C19H34N2O4. The van der Waals surface area contributed by atoms with Gasteiger partial charge in [-0.15, -0.1) is 0 Å². The molecule has 2 aliphatic carbocycles. The molecule has 0 radical (unpaired) electrons. The van der Waals surface area contributed by atoms with Crippen molar-refractivity contribution >= 4 is 12.2 Å². The van der Waals surface area contributed by atoms with Crippen LogP contribution in [0.2, 0.25) is 0 Å². The van der Waals surface area contributed by atoms with E-state index in [1.54, 1.807) is 0 Å². The van der Waals surface area contributed by atoms with Crippen molar-refractivity contribution in [3.63, 3.8) is 0 Å². The molecule has 0 aromatic rings. The molecule has 6 nitrogen and oxygen atoms in total. The minimum absolute atomic E-state index is 0.288. The molecule has 2 rings (SSSR count). The van der Waals surface area contributed by atoms with Crippen LogP contribution in [0.15, 0.2) is 0 Å². The van der Waals surface area contributed by atoms with Crippen molar-refractivity contribution in [2.45, 2.75) is 58.8 Å². The first-order chi connectivity index (χ1) is 12.1. The molecule has 2 fully saturated rings. The third-order valence-corrected chi connectivity index (χ3v) is 5.63. The highest BCUT2D eigenvalue weighted by molar-refractivity contribution is 5.67. The lowest BCUT2D eigenvalue weighted by atomic mass is 9.82. The lowest BCUT2D eigenvalue weighted by molar-refractivity contribution is 0.136. The van der Waals surface area contributed by atoms with Crippen LogP contribution in [0.4, 0.5) is 9.59 Å². The van der Waals surface area contributed by atoms with E-state index in [1.165, 1.54) is 6.42 Å². The Kier molecular flexibility index (Phi) is 8.35. The maximum Gasteiger partial charge on any atom is 0.407 e. The van der Waals surface area contributed by atoms with Gasteiger partial charge in [0.05, 0.1) is 13.2 Å². The van der Waals surface area contributed by atoms with E-state index in [1.807, 2.05) is 0 Å². The number of carbonyl (C=O) groups excluding carboxylic acids is 2. The summed E-state index contributed by atoms with van der Waals surface area (Å²) >= 11 is 0. The Morgan fingerprint density at radius 2 is 1.24 bits per heavy atom. The van der Waals surface area contributed by atoms with E-state index in [0.717, 1.165) is 38.5 Å². The summed E-state index contributed by atoms with van der Waals surface area (Å²) in [5, 5.41) is 5.82. The number of rotatable bonds is 10. The van der Waals surface area contributed by atoms with Crippen molar-refractivity contribution in [1.29, 1.82) is 0 Å². The summed E-state index contributed by atoms with van der Waals surface area (Å²) < 4.78 is 10.3. The van der Waals surface area contributed by atoms with Gasteiger partial charge in [0.2, 0.25) is 0 Å². The molecular weight excluding hydrogens is 320 g/mol. The van der Waals surface area contributed by atoms with Crippen molar-refractivity contribution in [2.75, 3.05) is 26.3 Å². The van der Waals surface area contributed by atoms with Crippen molar-refractivity contribution in [3.05, 3.63) is 0 Å². The third kappa shape index (κ3) is 6.40. The van der Waals surface area contributed by atoms with Crippen molar-refractivity contribution in [1.82, 2.24) is 10.6 Å². The second-order valence-electron chi connectivity index (χ2n) is 7.49. The number of amides is 2. The van der Waals surface area contributed by atoms with Gasteiger partial charge in [-0.05, 0) is 55.8 Å². The van der Waals surface area contributed by atoms with Crippen LogP contribution in [-0.4, -0.2) is 38.5 Å². The molecule has 2 bridgehead atoms. The van der Waals surface area contributed by atoms with Gasteiger partial charge in [0.1, 0.15) is 0 Å². The number of unbranched alkanes of at least 4 members (excludes halogenated alkanes) is 2. The van der Waals surface area contributed by atoms with Gasteiger partial charge < -0.3 is 20.1 Å². The molecule has 2 saturated carbocycles. The van der Waals surface area contributed by atoms with Gasteiger partial charge >= 0.3 is 12.2 Å². The molecule has 2 aliphatic rings. The molecule has 0 aromatic carbocycles. The fraction of sp³-hybridized carbons (Fsp3) is 0.895. The van der Waals surface area contributed by atoms with E-state index in [-0.39, 0.29) is 12.2 Å². The third-order valence-electron chi connectivity index (χ3n) is 5.63. The average Bonchev–Trinajstić information content (AvgIpc) is 3.18. The van der Waals surface area contributed by atoms with Crippen LogP contribution in [0.1, 0.15) is 58.8 Å². The number of fused-ring (bicyclic) bond motifs is 2. The van der Waals surface area contributed by atoms with Crippen molar-refractivity contribution in [2.24, 2.45) is 23.7 Å². The van der Waals surface area contributed by atoms with Gasteiger partial charge in [-0.2, -0.15) is 0 Å². The molecule has 6 heteroatoms. The van der Waals surface area contributed by atoms with Crippen molar-refractivity contribution < 1.29 is 19.1 Å². The van der Waals surface area contributed by atoms with E-state index in [2.05, 4.69) is 24.5 Å². The average molecular weight is 354 g/mol. The Bertz CT molecular complexity index is 392. The van der Waals surface area contributed by atoms with Crippen LogP contribution in [0.25, 0.3) is 0 Å². The minimum Gasteiger partial charge on any atom is -0.450 e. The summed E-state index contributed by atoms with van der Waals surface area (Å²) in [6.07, 6.45) is 6.80. The Morgan fingerprint density at radius 3 is 1.60 bits per heavy atom. The fourth-order valence-electron chi connectivity index (χ4n) is 4.16. The molecule has 4 atom stereocenters. The second kappa shape index (κ2) is 10.5. The zero-order valence-electron chi connectivity index (χ0n) is 15.7. The number of nitrogens with one attached hydrogen (secondary N) is 2. The van der Waals surface area contributed by atoms with E-state index in [9.17, 15) is 9.59 Å². The van der Waals surface area contributed by atoms with Gasteiger partial charge in [-0.25, -0.2) is 9.59 Å². The number of alkyl carbamates (subject to hydrolysis) is 2. The quantitative estimate of drug-likeness (QED) is 0.587. The Hall–Kier alpha value is -1.46. The molecule has 4 unspecified atom stereocenters. The Balaban J connectivity index is 1.58.